The molecule has 3 aliphatic heterocycles. The van der Waals surface area contributed by atoms with Crippen LogP contribution in [0.4, 0.5) is 0 Å². The van der Waals surface area contributed by atoms with Crippen molar-refractivity contribution >= 4 is 28.1 Å². The van der Waals surface area contributed by atoms with Crippen molar-refractivity contribution in [3.05, 3.63) is 169 Å². The number of aromatic hydroxyl groups is 8. The van der Waals surface area contributed by atoms with Crippen molar-refractivity contribution < 1.29 is 40.9 Å². The summed E-state index contributed by atoms with van der Waals surface area (Å²) in [5, 5.41) is 97.6. The molecule has 3 aliphatic rings. The number of aromatic nitrogens is 2. The number of nitrogens with zero attached hydrogens (tertiary/aromatic N) is 2. The van der Waals surface area contributed by atoms with Gasteiger partial charge in [0.1, 0.15) is 46.0 Å². The lowest BCUT2D eigenvalue weighted by Crippen LogP contribution is -2.21. The number of aliphatic imine (C=N–C) groups is 2. The SMILES string of the molecule is CCCCCCCCCCCCc1c(O)cc(/C2=C3\C=CC(=N3)/C(c3cc(O)c(CCCCCCCCCCCC)c(O)c3)=c3/cc/c([nH]3)=C(\c3cc(O)c(CCCCCCCCCCCC)c(O)c3)C3=NC(=CC3)C(c3cc(O)c(CCCCCCCCCCCC)c(O)c3)c3ccc2[nH]3)cc1O. The molecule has 5 heterocycles. The third-order valence-corrected chi connectivity index (χ3v) is 22.2. The van der Waals surface area contributed by atoms with Gasteiger partial charge in [-0.1, -0.05) is 265 Å². The third kappa shape index (κ3) is 23.1. The number of allylic oxidation sites excluding steroid dienone is 4. The van der Waals surface area contributed by atoms with Crippen LogP contribution in [0.15, 0.2) is 112 Å². The van der Waals surface area contributed by atoms with Crippen LogP contribution in [0.3, 0.4) is 0 Å². The lowest BCUT2D eigenvalue weighted by molar-refractivity contribution is 0.433. The molecule has 12 heteroatoms. The summed E-state index contributed by atoms with van der Waals surface area (Å²) in [4.78, 5) is 18.5. The second-order valence-corrected chi connectivity index (χ2v) is 30.5. The number of fused-ring (bicyclic) bond motifs is 6. The van der Waals surface area contributed by atoms with Crippen LogP contribution in [0, 0.1) is 0 Å². The zero-order chi connectivity index (χ0) is 73.4. The molecule has 0 saturated heterocycles. The molecule has 1 atom stereocenters. The monoisotopic (exact) mass is 1420 g/mol. The fraction of sp³-hybridized carbons (Fsp3) is 0.543. The Morgan fingerprint density at radius 3 is 1.01 bits per heavy atom. The van der Waals surface area contributed by atoms with Crippen molar-refractivity contribution in [3.63, 3.8) is 0 Å². The average molecular weight is 1420 g/mol. The van der Waals surface area contributed by atoms with Crippen LogP contribution in [0.5, 0.6) is 46.0 Å². The lowest BCUT2D eigenvalue weighted by Gasteiger charge is -2.19. The van der Waals surface area contributed by atoms with E-state index in [1.807, 2.05) is 36.4 Å². The molecule has 104 heavy (non-hydrogen) atoms. The van der Waals surface area contributed by atoms with Gasteiger partial charge in [0, 0.05) is 67.5 Å². The number of aromatic amines is 2. The Hall–Kier alpha value is -7.86. The van der Waals surface area contributed by atoms with Gasteiger partial charge in [-0.25, -0.2) is 4.99 Å². The molecule has 4 aromatic carbocycles. The molecule has 6 aromatic rings. The van der Waals surface area contributed by atoms with Crippen LogP contribution in [-0.2, 0) is 25.7 Å². The summed E-state index contributed by atoms with van der Waals surface area (Å²) >= 11 is 0. The highest BCUT2D eigenvalue weighted by molar-refractivity contribution is 6.31. The van der Waals surface area contributed by atoms with Gasteiger partial charge in [-0.3, -0.25) is 4.99 Å². The van der Waals surface area contributed by atoms with E-state index in [-0.39, 0.29) is 46.0 Å². The van der Waals surface area contributed by atoms with Crippen LogP contribution in [0.25, 0.3) is 16.7 Å². The Bertz CT molecular complexity index is 3890. The summed E-state index contributed by atoms with van der Waals surface area (Å²) in [7, 11) is 0. The van der Waals surface area contributed by atoms with E-state index in [0.717, 1.165) is 77.0 Å². The smallest absolute Gasteiger partial charge is 0.123 e. The van der Waals surface area contributed by atoms with Crippen molar-refractivity contribution in [1.29, 1.82) is 0 Å². The molecule has 564 valence electrons. The standard InChI is InChI=1S/C92H128N4O8/c1-5-9-13-17-21-25-29-33-37-41-45-69-81(97)57-65(58-82(69)98)89-73-49-51-75(93-73)90(66-59-83(99)70(84(100)60-66)46-42-38-34-30-26-22-18-14-10-6-2)77-53-55-79(95-77)92(68-63-87(103)72(88(104)64-68)48-44-40-36-32-28-24-20-16-12-8-4)80-56-54-78(96-80)91(76-52-50-74(89)94-76)67-61-85(101)71(86(102)62-67)47-43-39-35-31-27-23-19-15-11-7-3/h49-55,57-64,91,94-95,97-104H,5-48,56H2,1-4H3/b89-73-,90-77-,92-79-. The number of phenolic OH excluding ortho intramolecular Hbond substituents is 8. The van der Waals surface area contributed by atoms with Crippen molar-refractivity contribution in [2.24, 2.45) is 9.98 Å². The first-order valence-corrected chi connectivity index (χ1v) is 41.4. The van der Waals surface area contributed by atoms with Gasteiger partial charge in [0.15, 0.2) is 0 Å². The molecule has 0 aliphatic carbocycles. The molecule has 0 saturated carbocycles. The van der Waals surface area contributed by atoms with E-state index >= 15 is 0 Å². The molecule has 0 amide bonds. The summed E-state index contributed by atoms with van der Waals surface area (Å²) in [6.07, 6.45) is 55.2. The second-order valence-electron chi connectivity index (χ2n) is 30.5. The Morgan fingerprint density at radius 2 is 0.644 bits per heavy atom. The first-order chi connectivity index (χ1) is 50.8. The quantitative estimate of drug-likeness (QED) is 0.0165. The second kappa shape index (κ2) is 42.9. The lowest BCUT2D eigenvalue weighted by atomic mass is 9.90. The zero-order valence-electron chi connectivity index (χ0n) is 64.0. The Morgan fingerprint density at radius 1 is 0.327 bits per heavy atom. The number of H-pyrrole nitrogens is 2. The number of benzene rings is 4. The predicted octanol–water partition coefficient (Wildman–Crippen LogP) is 23.6. The third-order valence-electron chi connectivity index (χ3n) is 22.2. The number of unbranched alkanes of at least 4 members (excludes halogenated alkanes) is 36. The van der Waals surface area contributed by atoms with Crippen LogP contribution < -0.4 is 10.7 Å². The Labute approximate surface area is 623 Å². The van der Waals surface area contributed by atoms with Gasteiger partial charge in [-0.2, -0.15) is 0 Å². The van der Waals surface area contributed by atoms with Crippen LogP contribution in [0.2, 0.25) is 0 Å². The fourth-order valence-electron chi connectivity index (χ4n) is 16.1. The van der Waals surface area contributed by atoms with Gasteiger partial charge in [0.25, 0.3) is 0 Å². The summed E-state index contributed by atoms with van der Waals surface area (Å²) in [6, 6.07) is 21.7. The van der Waals surface area contributed by atoms with Gasteiger partial charge in [-0.05, 0) is 159 Å². The molecule has 9 rings (SSSR count). The van der Waals surface area contributed by atoms with Crippen LogP contribution >= 0.6 is 0 Å². The minimum absolute atomic E-state index is 0.00297. The maximum atomic E-state index is 12.1. The average Bonchev–Trinajstić information content (AvgIpc) is 1.58. The highest BCUT2D eigenvalue weighted by Crippen LogP contribution is 2.45. The molecule has 0 fully saturated rings. The van der Waals surface area contributed by atoms with Crippen molar-refractivity contribution in [2.75, 3.05) is 0 Å². The van der Waals surface area contributed by atoms with E-state index in [1.54, 1.807) is 48.5 Å². The molecular formula is C92H128N4O8. The maximum absolute atomic E-state index is 12.1. The normalized spacial score (nSPS) is 16.1. The van der Waals surface area contributed by atoms with Gasteiger partial charge in [-0.15, -0.1) is 0 Å². The van der Waals surface area contributed by atoms with Gasteiger partial charge < -0.3 is 50.8 Å². The van der Waals surface area contributed by atoms with Crippen molar-refractivity contribution in [3.8, 4) is 46.0 Å². The maximum Gasteiger partial charge on any atom is 0.123 e. The highest BCUT2D eigenvalue weighted by atomic mass is 16.3. The summed E-state index contributed by atoms with van der Waals surface area (Å²) in [6.45, 7) is 8.98. The van der Waals surface area contributed by atoms with Crippen LogP contribution in [-0.4, -0.2) is 62.2 Å². The van der Waals surface area contributed by atoms with E-state index in [4.69, 9.17) is 9.98 Å². The largest absolute Gasteiger partial charge is 0.508 e. The van der Waals surface area contributed by atoms with E-state index in [0.29, 0.717) is 138 Å². The molecule has 10 N–H and O–H groups in total. The Balaban J connectivity index is 1.14. The van der Waals surface area contributed by atoms with Gasteiger partial charge in [0.05, 0.1) is 28.7 Å². The number of rotatable bonds is 48. The topological polar surface area (TPSA) is 218 Å². The minimum atomic E-state index is -0.675. The minimum Gasteiger partial charge on any atom is -0.508 e. The first kappa shape index (κ1) is 80.2. The number of phenols is 8. The van der Waals surface area contributed by atoms with Crippen molar-refractivity contribution in [2.45, 2.75) is 323 Å². The molecule has 0 radical (unpaired) electrons. The fourth-order valence-corrected chi connectivity index (χ4v) is 16.1. The van der Waals surface area contributed by atoms with E-state index < -0.39 is 5.92 Å². The van der Waals surface area contributed by atoms with Gasteiger partial charge in [0.2, 0.25) is 0 Å². The summed E-state index contributed by atoms with van der Waals surface area (Å²) in [5.41, 5.74) is 9.59. The van der Waals surface area contributed by atoms with E-state index in [1.165, 1.54) is 180 Å². The number of hydrogen-bond donors (Lipinski definition) is 10. The van der Waals surface area contributed by atoms with E-state index in [9.17, 15) is 40.9 Å². The first-order valence-electron chi connectivity index (χ1n) is 41.4. The molecule has 8 bridgehead atoms. The van der Waals surface area contributed by atoms with E-state index in [2.05, 4.69) is 43.7 Å². The number of hydrogen-bond acceptors (Lipinski definition) is 10. The Kier molecular flexibility index (Phi) is 33.1. The zero-order valence-corrected chi connectivity index (χ0v) is 64.0. The molecule has 2 aromatic heterocycles. The molecule has 12 nitrogen and oxygen atoms in total. The predicted molar refractivity (Wildman–Crippen MR) is 432 cm³/mol. The van der Waals surface area contributed by atoms with Gasteiger partial charge >= 0.3 is 0 Å². The summed E-state index contributed by atoms with van der Waals surface area (Å²) in [5.74, 6) is -0.718. The molecule has 1 unspecified atom stereocenters. The number of nitrogens with one attached hydrogen (secondary N) is 2. The van der Waals surface area contributed by atoms with Crippen LogP contribution in [0.1, 0.15) is 353 Å². The highest BCUT2D eigenvalue weighted by Gasteiger charge is 2.31. The summed E-state index contributed by atoms with van der Waals surface area (Å²) < 4.78 is 0. The molecular weight excluding hydrogens is 1290 g/mol. The van der Waals surface area contributed by atoms with Crippen molar-refractivity contribution in [1.82, 2.24) is 9.97 Å². The molecule has 0 spiro atoms.